The molecule has 0 fully saturated rings. The minimum Gasteiger partial charge on any atom is -0.394 e. The molecule has 2 N–H and O–H groups in total. The maximum atomic E-state index is 11.3. The average Bonchev–Trinajstić information content (AvgIpc) is 2.43. The van der Waals surface area contributed by atoms with Gasteiger partial charge in [0.05, 0.1) is 5.69 Å². The second-order valence-electron chi connectivity index (χ2n) is 4.58. The summed E-state index contributed by atoms with van der Waals surface area (Å²) in [6.07, 6.45) is 3.45. The molecule has 0 aliphatic rings. The van der Waals surface area contributed by atoms with Crippen LogP contribution in [-0.2, 0) is 6.54 Å². The Hall–Kier alpha value is -2.55. The fourth-order valence-electron chi connectivity index (χ4n) is 2.27. The summed E-state index contributed by atoms with van der Waals surface area (Å²) in [5.74, 6) is 0. The number of pyridine rings is 1. The molecule has 0 saturated heterocycles. The van der Waals surface area contributed by atoms with Crippen LogP contribution in [-0.4, -0.2) is 4.57 Å². The van der Waals surface area contributed by atoms with Crippen molar-refractivity contribution >= 4 is 16.5 Å². The van der Waals surface area contributed by atoms with Crippen molar-refractivity contribution in [3.63, 3.8) is 0 Å². The summed E-state index contributed by atoms with van der Waals surface area (Å²) in [5.41, 5.74) is 7.01. The summed E-state index contributed by atoms with van der Waals surface area (Å²) < 4.78 is 1.93. The fourth-order valence-corrected chi connectivity index (χ4v) is 2.27. The van der Waals surface area contributed by atoms with Gasteiger partial charge in [-0.3, -0.25) is 4.79 Å². The number of nitrogens with zero attached hydrogens (tertiary/aromatic N) is 1. The Morgan fingerprint density at radius 1 is 1.00 bits per heavy atom. The van der Waals surface area contributed by atoms with E-state index in [4.69, 9.17) is 5.73 Å². The Kier molecular flexibility index (Phi) is 2.80. The zero-order valence-electron chi connectivity index (χ0n) is 10.4. The van der Waals surface area contributed by atoms with Crippen molar-refractivity contribution in [2.75, 3.05) is 5.73 Å². The number of hydrogen-bond acceptors (Lipinski definition) is 2. The van der Waals surface area contributed by atoms with Gasteiger partial charge in [0, 0.05) is 25.0 Å². The second kappa shape index (κ2) is 4.61. The second-order valence-corrected chi connectivity index (χ2v) is 4.58. The van der Waals surface area contributed by atoms with Gasteiger partial charge in [0.15, 0.2) is 0 Å². The van der Waals surface area contributed by atoms with Crippen LogP contribution >= 0.6 is 0 Å². The molecule has 3 nitrogen and oxygen atoms in total. The molecule has 0 spiro atoms. The molecule has 3 aromatic rings. The molecule has 1 heterocycles. The molecule has 3 heteroatoms. The van der Waals surface area contributed by atoms with E-state index < -0.39 is 0 Å². The molecule has 0 amide bonds. The van der Waals surface area contributed by atoms with E-state index in [1.54, 1.807) is 12.4 Å². The molecule has 0 bridgehead atoms. The number of nitrogens with two attached hydrogens (primary N) is 1. The highest BCUT2D eigenvalue weighted by atomic mass is 16.1. The quantitative estimate of drug-likeness (QED) is 0.760. The molecule has 0 radical (unpaired) electrons. The number of hydrogen-bond donors (Lipinski definition) is 1. The first-order valence-corrected chi connectivity index (χ1v) is 6.16. The van der Waals surface area contributed by atoms with E-state index in [1.807, 2.05) is 22.8 Å². The lowest BCUT2D eigenvalue weighted by molar-refractivity contribution is 0.796. The molecule has 94 valence electrons. The number of benzene rings is 2. The summed E-state index contributed by atoms with van der Waals surface area (Å²) in [5, 5.41) is 2.44. The molecule has 3 rings (SSSR count). The van der Waals surface area contributed by atoms with Crippen molar-refractivity contribution in [2.45, 2.75) is 6.54 Å². The Balaban J connectivity index is 2.05. The smallest absolute Gasteiger partial charge is 0.204 e. The first kappa shape index (κ1) is 11.5. The van der Waals surface area contributed by atoms with Gasteiger partial charge in [0.1, 0.15) is 0 Å². The number of aromatic nitrogens is 1. The maximum absolute atomic E-state index is 11.3. The number of fused-ring (bicyclic) bond motifs is 1. The monoisotopic (exact) mass is 250 g/mol. The molecule has 19 heavy (non-hydrogen) atoms. The van der Waals surface area contributed by atoms with E-state index in [-0.39, 0.29) is 11.1 Å². The van der Waals surface area contributed by atoms with Gasteiger partial charge in [0.25, 0.3) is 0 Å². The van der Waals surface area contributed by atoms with Crippen LogP contribution in [0.15, 0.2) is 65.7 Å². The van der Waals surface area contributed by atoms with Crippen molar-refractivity contribution in [1.82, 2.24) is 4.57 Å². The minimum absolute atomic E-state index is 0.130. The molecule has 0 aliphatic heterocycles. The summed E-state index contributed by atoms with van der Waals surface area (Å²) in [4.78, 5) is 11.3. The largest absolute Gasteiger partial charge is 0.394 e. The molecule has 2 aromatic carbocycles. The maximum Gasteiger partial charge on any atom is 0.204 e. The minimum atomic E-state index is -0.130. The predicted octanol–water partition coefficient (Wildman–Crippen LogP) is 2.63. The lowest BCUT2D eigenvalue weighted by Crippen LogP contribution is -2.11. The van der Waals surface area contributed by atoms with Crippen LogP contribution in [0.4, 0.5) is 5.69 Å². The third-order valence-corrected chi connectivity index (χ3v) is 3.24. The van der Waals surface area contributed by atoms with Crippen molar-refractivity contribution < 1.29 is 0 Å². The normalized spacial score (nSPS) is 10.7. The van der Waals surface area contributed by atoms with E-state index in [2.05, 4.69) is 24.3 Å². The first-order valence-electron chi connectivity index (χ1n) is 6.16. The molecule has 0 unspecified atom stereocenters. The standard InChI is InChI=1S/C16H14N2O/c17-15-11-18(9-8-16(15)19)10-13-6-3-5-12-4-1-2-7-14(12)13/h1-9,11H,10,17H2. The summed E-state index contributed by atoms with van der Waals surface area (Å²) in [6.45, 7) is 0.700. The highest BCUT2D eigenvalue weighted by molar-refractivity contribution is 5.85. The van der Waals surface area contributed by atoms with Crippen LogP contribution in [0.1, 0.15) is 5.56 Å². The summed E-state index contributed by atoms with van der Waals surface area (Å²) in [6, 6.07) is 16.0. The van der Waals surface area contributed by atoms with Gasteiger partial charge in [-0.1, -0.05) is 42.5 Å². The SMILES string of the molecule is Nc1cn(Cc2cccc3ccccc23)ccc1=O. The van der Waals surface area contributed by atoms with Crippen LogP contribution in [0, 0.1) is 0 Å². The van der Waals surface area contributed by atoms with E-state index in [1.165, 1.54) is 22.4 Å². The molecule has 0 atom stereocenters. The van der Waals surface area contributed by atoms with Crippen LogP contribution in [0.5, 0.6) is 0 Å². The number of rotatable bonds is 2. The molecule has 0 saturated carbocycles. The zero-order chi connectivity index (χ0) is 13.2. The molecular formula is C16H14N2O. The Bertz CT molecular complexity index is 785. The van der Waals surface area contributed by atoms with Crippen molar-refractivity contribution in [3.8, 4) is 0 Å². The van der Waals surface area contributed by atoms with Crippen LogP contribution in [0.2, 0.25) is 0 Å². The van der Waals surface area contributed by atoms with Gasteiger partial charge in [0.2, 0.25) is 5.43 Å². The molecule has 0 aliphatic carbocycles. The van der Waals surface area contributed by atoms with E-state index >= 15 is 0 Å². The Labute approximate surface area is 110 Å². The zero-order valence-corrected chi connectivity index (χ0v) is 10.4. The van der Waals surface area contributed by atoms with Gasteiger partial charge in [-0.05, 0) is 16.3 Å². The first-order chi connectivity index (χ1) is 9.24. The summed E-state index contributed by atoms with van der Waals surface area (Å²) in [7, 11) is 0. The van der Waals surface area contributed by atoms with Gasteiger partial charge in [-0.15, -0.1) is 0 Å². The van der Waals surface area contributed by atoms with Gasteiger partial charge in [-0.2, -0.15) is 0 Å². The third kappa shape index (κ3) is 2.22. The van der Waals surface area contributed by atoms with Crippen LogP contribution in [0.25, 0.3) is 10.8 Å². The topological polar surface area (TPSA) is 48.0 Å². The summed E-state index contributed by atoms with van der Waals surface area (Å²) >= 11 is 0. The highest BCUT2D eigenvalue weighted by Crippen LogP contribution is 2.19. The van der Waals surface area contributed by atoms with Gasteiger partial charge in [-0.25, -0.2) is 0 Å². The predicted molar refractivity (Wildman–Crippen MR) is 78.2 cm³/mol. The molecule has 1 aromatic heterocycles. The van der Waals surface area contributed by atoms with Crippen LogP contribution in [0.3, 0.4) is 0 Å². The van der Waals surface area contributed by atoms with E-state index in [0.717, 1.165) is 0 Å². The van der Waals surface area contributed by atoms with Gasteiger partial charge < -0.3 is 10.3 Å². The Morgan fingerprint density at radius 2 is 1.79 bits per heavy atom. The Morgan fingerprint density at radius 3 is 2.63 bits per heavy atom. The number of anilines is 1. The van der Waals surface area contributed by atoms with E-state index in [0.29, 0.717) is 6.54 Å². The molecular weight excluding hydrogens is 236 g/mol. The lowest BCUT2D eigenvalue weighted by Gasteiger charge is -2.10. The average molecular weight is 250 g/mol. The van der Waals surface area contributed by atoms with Crippen molar-refractivity contribution in [3.05, 3.63) is 76.7 Å². The van der Waals surface area contributed by atoms with Crippen molar-refractivity contribution in [1.29, 1.82) is 0 Å². The van der Waals surface area contributed by atoms with Crippen LogP contribution < -0.4 is 11.2 Å². The highest BCUT2D eigenvalue weighted by Gasteiger charge is 2.01. The number of nitrogen functional groups attached to an aromatic ring is 1. The van der Waals surface area contributed by atoms with E-state index in [9.17, 15) is 4.79 Å². The van der Waals surface area contributed by atoms with Crippen molar-refractivity contribution in [2.24, 2.45) is 0 Å². The van der Waals surface area contributed by atoms with Gasteiger partial charge >= 0.3 is 0 Å². The third-order valence-electron chi connectivity index (χ3n) is 3.24. The fraction of sp³-hybridized carbons (Fsp3) is 0.0625. The lowest BCUT2D eigenvalue weighted by atomic mass is 10.0.